The van der Waals surface area contributed by atoms with E-state index in [1.54, 1.807) is 0 Å². The fraction of sp³-hybridized carbons (Fsp3) is 0.333. The van der Waals surface area contributed by atoms with Crippen LogP contribution in [0.1, 0.15) is 0 Å². The zero-order valence-electron chi connectivity index (χ0n) is 11.9. The molecule has 0 radical (unpaired) electrons. The van der Waals surface area contributed by atoms with Crippen molar-refractivity contribution in [3.05, 3.63) is 34.3 Å². The number of rotatable bonds is 1. The summed E-state index contributed by atoms with van der Waals surface area (Å²) in [6, 6.07) is 5.52. The minimum atomic E-state index is -1.95. The van der Waals surface area contributed by atoms with Crippen molar-refractivity contribution in [2.75, 3.05) is 4.90 Å². The SMILES string of the molecule is O=C1[C@@H]2[C@@H](C(=O)N1c1ccc(O)cc1)[C@]1(Cl)C(Cl)=C(Cl)[C@]2(Cl)C1(Cl)Cl. The number of halogens is 6. The maximum atomic E-state index is 13.0. The molecule has 1 aromatic carbocycles. The lowest BCUT2D eigenvalue weighted by Crippen LogP contribution is -2.50. The zero-order chi connectivity index (χ0) is 18.5. The molecule has 2 amide bonds. The third-order valence-corrected chi connectivity index (χ3v) is 9.28. The quantitative estimate of drug-likeness (QED) is 0.500. The topological polar surface area (TPSA) is 57.6 Å². The Morgan fingerprint density at radius 3 is 1.64 bits per heavy atom. The third kappa shape index (κ3) is 1.75. The van der Waals surface area contributed by atoms with Crippen LogP contribution in [0.4, 0.5) is 5.69 Å². The normalized spacial score (nSPS) is 38.7. The molecule has 2 fully saturated rings. The van der Waals surface area contributed by atoms with Crippen LogP contribution < -0.4 is 4.90 Å². The van der Waals surface area contributed by atoms with Crippen LogP contribution in [0.2, 0.25) is 0 Å². The number of aromatic hydroxyl groups is 1. The minimum absolute atomic E-state index is 0.0148. The zero-order valence-corrected chi connectivity index (χ0v) is 16.5. The van der Waals surface area contributed by atoms with Gasteiger partial charge in [-0.2, -0.15) is 0 Å². The number of hydrogen-bond donors (Lipinski definition) is 1. The Hall–Kier alpha value is -0.360. The number of imide groups is 1. The summed E-state index contributed by atoms with van der Waals surface area (Å²) in [4.78, 5) is 23.3. The van der Waals surface area contributed by atoms with Gasteiger partial charge in [-0.15, -0.1) is 23.2 Å². The summed E-state index contributed by atoms with van der Waals surface area (Å²) in [5.74, 6) is -3.62. The number of allylic oxidation sites excluding steroid dienone is 2. The van der Waals surface area contributed by atoms with Crippen molar-refractivity contribution >= 4 is 87.1 Å². The van der Waals surface area contributed by atoms with Crippen LogP contribution in [-0.4, -0.2) is 31.0 Å². The highest BCUT2D eigenvalue weighted by molar-refractivity contribution is 6.67. The summed E-state index contributed by atoms with van der Waals surface area (Å²) in [7, 11) is 0. The molecule has 1 N–H and O–H groups in total. The molecule has 0 spiro atoms. The predicted octanol–water partition coefficient (Wildman–Crippen LogP) is 4.34. The number of fused-ring (bicyclic) bond motifs is 5. The average Bonchev–Trinajstić information content (AvgIpc) is 2.94. The van der Waals surface area contributed by atoms with Crippen molar-refractivity contribution in [1.82, 2.24) is 0 Å². The van der Waals surface area contributed by atoms with Gasteiger partial charge < -0.3 is 5.11 Å². The lowest BCUT2D eigenvalue weighted by Gasteiger charge is -2.34. The van der Waals surface area contributed by atoms with Crippen molar-refractivity contribution in [3.8, 4) is 5.75 Å². The van der Waals surface area contributed by atoms with E-state index >= 15 is 0 Å². The van der Waals surface area contributed by atoms with E-state index in [-0.39, 0.29) is 21.5 Å². The Kier molecular flexibility index (Phi) is 3.69. The minimum Gasteiger partial charge on any atom is -0.508 e. The lowest BCUT2D eigenvalue weighted by atomic mass is 9.84. The molecule has 2 bridgehead atoms. The summed E-state index contributed by atoms with van der Waals surface area (Å²) < 4.78 is -1.95. The second kappa shape index (κ2) is 5.12. The molecule has 0 aromatic heterocycles. The fourth-order valence-corrected chi connectivity index (χ4v) is 6.78. The molecule has 1 saturated heterocycles. The summed E-state index contributed by atoms with van der Waals surface area (Å²) >= 11 is 38.4. The highest BCUT2D eigenvalue weighted by Gasteiger charge is 2.87. The van der Waals surface area contributed by atoms with Gasteiger partial charge in [-0.05, 0) is 24.3 Å². The molecule has 0 unspecified atom stereocenters. The van der Waals surface area contributed by atoms with E-state index in [0.717, 1.165) is 4.90 Å². The van der Waals surface area contributed by atoms with Crippen LogP contribution in [0.15, 0.2) is 34.3 Å². The summed E-state index contributed by atoms with van der Waals surface area (Å²) in [5.41, 5.74) is 0.254. The molecule has 2 aliphatic carbocycles. The van der Waals surface area contributed by atoms with Gasteiger partial charge in [-0.1, -0.05) is 46.4 Å². The van der Waals surface area contributed by atoms with Gasteiger partial charge in [-0.3, -0.25) is 9.59 Å². The smallest absolute Gasteiger partial charge is 0.240 e. The first-order chi connectivity index (χ1) is 11.5. The van der Waals surface area contributed by atoms with Crippen molar-refractivity contribution < 1.29 is 14.7 Å². The highest BCUT2D eigenvalue weighted by Crippen LogP contribution is 2.77. The van der Waals surface area contributed by atoms with Gasteiger partial charge >= 0.3 is 0 Å². The third-order valence-electron chi connectivity index (χ3n) is 5.02. The van der Waals surface area contributed by atoms with Gasteiger partial charge in [0.05, 0.1) is 27.6 Å². The number of phenols is 1. The molecule has 4 nitrogen and oxygen atoms in total. The van der Waals surface area contributed by atoms with E-state index < -0.39 is 37.7 Å². The van der Waals surface area contributed by atoms with Crippen LogP contribution >= 0.6 is 69.6 Å². The van der Waals surface area contributed by atoms with Gasteiger partial charge in [-0.25, -0.2) is 4.90 Å². The molecule has 1 aromatic rings. The predicted molar refractivity (Wildman–Crippen MR) is 97.9 cm³/mol. The highest BCUT2D eigenvalue weighted by atomic mass is 35.5. The van der Waals surface area contributed by atoms with E-state index in [1.807, 2.05) is 0 Å². The number of benzene rings is 1. The number of carbonyl (C=O) groups excluding carboxylic acids is 2. The number of hydrogen-bond acceptors (Lipinski definition) is 3. The summed E-state index contributed by atoms with van der Waals surface area (Å²) in [5, 5.41) is 9.13. The first kappa shape index (κ1) is 18.0. The van der Waals surface area contributed by atoms with Crippen molar-refractivity contribution in [1.29, 1.82) is 0 Å². The molecule has 132 valence electrons. The summed E-state index contributed by atoms with van der Waals surface area (Å²) in [6.45, 7) is 0. The van der Waals surface area contributed by atoms with Crippen LogP contribution in [0, 0.1) is 11.8 Å². The summed E-state index contributed by atoms with van der Waals surface area (Å²) in [6.07, 6.45) is 0. The monoisotopic (exact) mass is 459 g/mol. The molecule has 4 rings (SSSR count). The average molecular weight is 462 g/mol. The van der Waals surface area contributed by atoms with E-state index in [4.69, 9.17) is 69.6 Å². The van der Waals surface area contributed by atoms with Crippen LogP contribution in [-0.2, 0) is 9.59 Å². The van der Waals surface area contributed by atoms with Gasteiger partial charge in [0.15, 0.2) is 4.33 Å². The Balaban J connectivity index is 1.90. The van der Waals surface area contributed by atoms with Crippen molar-refractivity contribution in [2.45, 2.75) is 14.1 Å². The van der Waals surface area contributed by atoms with Gasteiger partial charge in [0, 0.05) is 0 Å². The Labute approximate surface area is 172 Å². The largest absolute Gasteiger partial charge is 0.508 e. The van der Waals surface area contributed by atoms with Gasteiger partial charge in [0.1, 0.15) is 15.5 Å². The van der Waals surface area contributed by atoms with Crippen LogP contribution in [0.3, 0.4) is 0 Å². The van der Waals surface area contributed by atoms with Crippen molar-refractivity contribution in [3.63, 3.8) is 0 Å². The molecule has 3 aliphatic rings. The molecule has 10 heteroatoms. The first-order valence-electron chi connectivity index (χ1n) is 7.00. The Morgan fingerprint density at radius 2 is 1.24 bits per heavy atom. The number of anilines is 1. The van der Waals surface area contributed by atoms with E-state index in [0.29, 0.717) is 0 Å². The van der Waals surface area contributed by atoms with Crippen LogP contribution in [0.25, 0.3) is 0 Å². The molecule has 25 heavy (non-hydrogen) atoms. The molecular formula is C15H7Cl6NO3. The van der Waals surface area contributed by atoms with E-state index in [1.165, 1.54) is 24.3 Å². The molecule has 1 saturated carbocycles. The Morgan fingerprint density at radius 1 is 0.840 bits per heavy atom. The lowest BCUT2D eigenvalue weighted by molar-refractivity contribution is -0.123. The standard InChI is InChI=1S/C15H7Cl6NO3/c16-9-10(17)14(19)8-7(13(9,18)15(14,20)21)11(24)22(12(8)25)5-1-3-6(23)4-2-5/h1-4,7-8,23H/t7-,8-,13-,14-/m0/s1. The maximum Gasteiger partial charge on any atom is 0.240 e. The molecular weight excluding hydrogens is 455 g/mol. The Bertz CT molecular complexity index is 823. The second-order valence-electron chi connectivity index (χ2n) is 6.11. The number of amides is 2. The fourth-order valence-electron chi connectivity index (χ4n) is 3.85. The van der Waals surface area contributed by atoms with Crippen LogP contribution in [0.5, 0.6) is 5.75 Å². The first-order valence-corrected chi connectivity index (χ1v) is 9.26. The number of alkyl halides is 4. The molecule has 1 heterocycles. The van der Waals surface area contributed by atoms with E-state index in [2.05, 4.69) is 0 Å². The number of nitrogens with zero attached hydrogens (tertiary/aromatic N) is 1. The molecule has 1 aliphatic heterocycles. The van der Waals surface area contributed by atoms with Gasteiger partial charge in [0.25, 0.3) is 0 Å². The maximum absolute atomic E-state index is 13.0. The number of phenolic OH excluding ortho intramolecular Hbond substituents is 1. The van der Waals surface area contributed by atoms with Crippen molar-refractivity contribution in [2.24, 2.45) is 11.8 Å². The number of carbonyl (C=O) groups is 2. The van der Waals surface area contributed by atoms with Gasteiger partial charge in [0.2, 0.25) is 11.8 Å². The van der Waals surface area contributed by atoms with E-state index in [9.17, 15) is 14.7 Å². The molecule has 4 atom stereocenters. The second-order valence-corrected chi connectivity index (χ2v) is 9.39.